The van der Waals surface area contributed by atoms with Gasteiger partial charge >= 0.3 is 11.9 Å². The van der Waals surface area contributed by atoms with Gasteiger partial charge in [-0.15, -0.1) is 11.8 Å². The SMILES string of the molecule is CCCCC/C=C/C/C=C/C=C/C=C/C(SCC([NH])C(=O)NCC(=O)O)C(O)CCCC(=O)O. The molecule has 0 aromatic carbocycles. The Kier molecular flexibility index (Phi) is 19.7. The van der Waals surface area contributed by atoms with Crippen LogP contribution in [0.15, 0.2) is 48.6 Å². The fraction of sp³-hybridized carbons (Fsp3) is 0.560. The molecule has 191 valence electrons. The van der Waals surface area contributed by atoms with Crippen molar-refractivity contribution in [3.63, 3.8) is 0 Å². The molecular formula is C25H39N2O6S. The molecule has 0 aliphatic rings. The van der Waals surface area contributed by atoms with Gasteiger partial charge < -0.3 is 20.6 Å². The van der Waals surface area contributed by atoms with Gasteiger partial charge in [-0.1, -0.05) is 68.4 Å². The minimum atomic E-state index is -1.19. The van der Waals surface area contributed by atoms with E-state index in [0.717, 1.165) is 12.8 Å². The van der Waals surface area contributed by atoms with Crippen LogP contribution >= 0.6 is 11.8 Å². The second-order valence-corrected chi connectivity index (χ2v) is 8.93. The lowest BCUT2D eigenvalue weighted by Gasteiger charge is -2.20. The number of rotatable bonds is 20. The third-order valence-electron chi connectivity index (χ3n) is 4.64. The van der Waals surface area contributed by atoms with Crippen molar-refractivity contribution in [2.75, 3.05) is 12.3 Å². The van der Waals surface area contributed by atoms with Gasteiger partial charge in [-0.25, -0.2) is 5.73 Å². The molecule has 9 heteroatoms. The van der Waals surface area contributed by atoms with Crippen LogP contribution in [-0.2, 0) is 14.4 Å². The molecule has 0 rings (SSSR count). The van der Waals surface area contributed by atoms with Gasteiger partial charge in [0, 0.05) is 17.4 Å². The maximum absolute atomic E-state index is 11.8. The van der Waals surface area contributed by atoms with Gasteiger partial charge in [0.1, 0.15) is 12.6 Å². The number of allylic oxidation sites excluding steroid dienone is 7. The number of aliphatic hydroxyl groups is 1. The predicted octanol–water partition coefficient (Wildman–Crippen LogP) is 3.75. The lowest BCUT2D eigenvalue weighted by Crippen LogP contribution is -2.40. The number of carboxylic acid groups (broad SMARTS) is 2. The molecule has 1 radical (unpaired) electrons. The fourth-order valence-corrected chi connectivity index (χ4v) is 3.88. The molecule has 0 aromatic heterocycles. The normalized spacial score (nSPS) is 14.8. The highest BCUT2D eigenvalue weighted by molar-refractivity contribution is 8.00. The quantitative estimate of drug-likeness (QED) is 0.114. The summed E-state index contributed by atoms with van der Waals surface area (Å²) in [6, 6.07) is -1.18. The number of hydrogen-bond acceptors (Lipinski definition) is 5. The first kappa shape index (κ1) is 31.6. The molecular weight excluding hydrogens is 456 g/mol. The van der Waals surface area contributed by atoms with Crippen molar-refractivity contribution in [3.8, 4) is 0 Å². The first-order chi connectivity index (χ1) is 16.3. The molecule has 0 bridgehead atoms. The van der Waals surface area contributed by atoms with Gasteiger partial charge in [0.15, 0.2) is 0 Å². The van der Waals surface area contributed by atoms with Crippen LogP contribution in [0, 0.1) is 0 Å². The molecule has 0 heterocycles. The van der Waals surface area contributed by atoms with Crippen molar-refractivity contribution >= 4 is 29.6 Å². The standard InChI is InChI=1S/C25H39N2O6S/c1-2-3-4-5-6-7-8-9-10-11-12-13-16-22(21(28)15-14-17-23(29)30)34-19-20(26)25(33)27-18-24(31)32/h6-7,9-13,16,20-22,26,28H,2-5,8,14-15,17-19H2,1H3,(H,27,33)(H,29,30)(H,31,32)/b7-6+,10-9+,12-11+,16-13+. The smallest absolute Gasteiger partial charge is 0.322 e. The Morgan fingerprint density at radius 2 is 1.71 bits per heavy atom. The maximum atomic E-state index is 11.8. The van der Waals surface area contributed by atoms with Crippen molar-refractivity contribution in [1.29, 1.82) is 0 Å². The van der Waals surface area contributed by atoms with Crippen molar-refractivity contribution < 1.29 is 29.7 Å². The third kappa shape index (κ3) is 19.1. The van der Waals surface area contributed by atoms with Gasteiger partial charge in [0.05, 0.1) is 6.10 Å². The first-order valence-corrected chi connectivity index (χ1v) is 12.7. The van der Waals surface area contributed by atoms with Crippen LogP contribution in [-0.4, -0.2) is 62.9 Å². The molecule has 0 saturated carbocycles. The summed E-state index contributed by atoms with van der Waals surface area (Å²) in [7, 11) is 0. The molecule has 0 aromatic rings. The average Bonchev–Trinajstić information content (AvgIpc) is 2.79. The molecule has 1 amide bonds. The summed E-state index contributed by atoms with van der Waals surface area (Å²) in [6.07, 6.45) is 20.9. The maximum Gasteiger partial charge on any atom is 0.322 e. The lowest BCUT2D eigenvalue weighted by atomic mass is 10.1. The number of nitrogens with one attached hydrogen (secondary N) is 2. The van der Waals surface area contributed by atoms with Crippen LogP contribution in [0.5, 0.6) is 0 Å². The molecule has 8 nitrogen and oxygen atoms in total. The topological polar surface area (TPSA) is 148 Å². The summed E-state index contributed by atoms with van der Waals surface area (Å²) in [6.45, 7) is 1.64. The number of aliphatic hydroxyl groups excluding tert-OH is 1. The van der Waals surface area contributed by atoms with Gasteiger partial charge in [0.2, 0.25) is 5.91 Å². The molecule has 0 saturated heterocycles. The van der Waals surface area contributed by atoms with Gasteiger partial charge in [0.25, 0.3) is 0 Å². The second-order valence-electron chi connectivity index (χ2n) is 7.72. The monoisotopic (exact) mass is 495 g/mol. The summed E-state index contributed by atoms with van der Waals surface area (Å²) < 4.78 is 0. The van der Waals surface area contributed by atoms with Crippen molar-refractivity contribution in [2.45, 2.75) is 75.7 Å². The predicted molar refractivity (Wildman–Crippen MR) is 137 cm³/mol. The highest BCUT2D eigenvalue weighted by Gasteiger charge is 2.21. The number of carboxylic acids is 2. The molecule has 0 spiro atoms. The van der Waals surface area contributed by atoms with Crippen LogP contribution in [0.2, 0.25) is 0 Å². The first-order valence-electron chi connectivity index (χ1n) is 11.6. The van der Waals surface area contributed by atoms with Crippen molar-refractivity contribution in [1.82, 2.24) is 11.1 Å². The van der Waals surface area contributed by atoms with Crippen LogP contribution in [0.25, 0.3) is 0 Å². The minimum Gasteiger partial charge on any atom is -0.481 e. The van der Waals surface area contributed by atoms with E-state index in [0.29, 0.717) is 6.42 Å². The molecule has 34 heavy (non-hydrogen) atoms. The summed E-state index contributed by atoms with van der Waals surface area (Å²) in [4.78, 5) is 33.1. The number of amides is 1. The number of carbonyl (C=O) groups excluding carboxylic acids is 1. The number of unbranched alkanes of at least 4 members (excludes halogenated alkanes) is 3. The average molecular weight is 496 g/mol. The van der Waals surface area contributed by atoms with Crippen LogP contribution in [0.3, 0.4) is 0 Å². The summed E-state index contributed by atoms with van der Waals surface area (Å²) in [5.74, 6) is -2.75. The highest BCUT2D eigenvalue weighted by Crippen LogP contribution is 2.21. The molecule has 0 aliphatic heterocycles. The van der Waals surface area contributed by atoms with Crippen LogP contribution in [0.4, 0.5) is 0 Å². The lowest BCUT2D eigenvalue weighted by molar-refractivity contribution is -0.138. The van der Waals surface area contributed by atoms with Crippen molar-refractivity contribution in [3.05, 3.63) is 48.6 Å². The zero-order chi connectivity index (χ0) is 25.6. The van der Waals surface area contributed by atoms with Gasteiger partial charge in [-0.05, 0) is 32.1 Å². The van der Waals surface area contributed by atoms with E-state index in [9.17, 15) is 19.5 Å². The third-order valence-corrected chi connectivity index (χ3v) is 6.02. The van der Waals surface area contributed by atoms with Gasteiger partial charge in [-0.3, -0.25) is 14.4 Å². The molecule has 0 aliphatic carbocycles. The minimum absolute atomic E-state index is 0.0471. The molecule has 3 atom stereocenters. The Morgan fingerprint density at radius 3 is 2.38 bits per heavy atom. The number of carbonyl (C=O) groups is 3. The van der Waals surface area contributed by atoms with E-state index < -0.39 is 41.8 Å². The summed E-state index contributed by atoms with van der Waals surface area (Å²) >= 11 is 1.20. The zero-order valence-electron chi connectivity index (χ0n) is 19.9. The number of hydrogen-bond donors (Lipinski definition) is 4. The Balaban J connectivity index is 4.70. The Hall–Kier alpha value is -2.36. The zero-order valence-corrected chi connectivity index (χ0v) is 20.7. The Bertz CT molecular complexity index is 706. The van der Waals surface area contributed by atoms with E-state index in [1.165, 1.54) is 31.0 Å². The Morgan fingerprint density at radius 1 is 0.971 bits per heavy atom. The molecule has 0 fully saturated rings. The van der Waals surface area contributed by atoms with Crippen molar-refractivity contribution in [2.24, 2.45) is 0 Å². The summed E-state index contributed by atoms with van der Waals surface area (Å²) in [5, 5.41) is 29.6. The Labute approximate surface area is 207 Å². The van der Waals surface area contributed by atoms with E-state index in [-0.39, 0.29) is 18.6 Å². The van der Waals surface area contributed by atoms with Gasteiger partial charge in [-0.2, -0.15) is 0 Å². The van der Waals surface area contributed by atoms with E-state index >= 15 is 0 Å². The van der Waals surface area contributed by atoms with Crippen LogP contribution < -0.4 is 11.1 Å². The van der Waals surface area contributed by atoms with E-state index in [4.69, 9.17) is 15.9 Å². The summed E-state index contributed by atoms with van der Waals surface area (Å²) in [5.41, 5.74) is 7.88. The molecule has 5 N–H and O–H groups in total. The van der Waals surface area contributed by atoms with Crippen LogP contribution in [0.1, 0.15) is 58.3 Å². The number of thioether (sulfide) groups is 1. The largest absolute Gasteiger partial charge is 0.481 e. The van der Waals surface area contributed by atoms with E-state index in [2.05, 4.69) is 24.4 Å². The van der Waals surface area contributed by atoms with E-state index in [1.807, 2.05) is 24.3 Å². The molecule has 3 unspecified atom stereocenters. The second kappa shape index (κ2) is 21.2. The van der Waals surface area contributed by atoms with E-state index in [1.54, 1.807) is 12.2 Å². The fourth-order valence-electron chi connectivity index (χ4n) is 2.75. The number of aliphatic carboxylic acids is 2. The highest BCUT2D eigenvalue weighted by atomic mass is 32.2.